The second-order valence-electron chi connectivity index (χ2n) is 7.88. The molecule has 0 spiro atoms. The van der Waals surface area contributed by atoms with Crippen molar-refractivity contribution in [2.45, 2.75) is 13.8 Å². The van der Waals surface area contributed by atoms with Crippen molar-refractivity contribution in [2.75, 3.05) is 0 Å². The number of furan rings is 2. The summed E-state index contributed by atoms with van der Waals surface area (Å²) in [6, 6.07) is 21.1. The number of nitrogens with zero attached hydrogens (tertiary/aromatic N) is 1. The summed E-state index contributed by atoms with van der Waals surface area (Å²) in [7, 11) is 2.08. The fourth-order valence-electron chi connectivity index (χ4n) is 4.40. The molecule has 29 heavy (non-hydrogen) atoms. The Hall–Kier alpha value is -3.59. The van der Waals surface area contributed by atoms with Gasteiger partial charge in [-0.1, -0.05) is 30.3 Å². The van der Waals surface area contributed by atoms with E-state index in [1.54, 1.807) is 0 Å². The highest BCUT2D eigenvalue weighted by atomic mass is 16.3. The Morgan fingerprint density at radius 1 is 0.690 bits per heavy atom. The minimum Gasteiger partial charge on any atom is -0.456 e. The second-order valence-corrected chi connectivity index (χ2v) is 7.88. The fraction of sp³-hybridized carbons (Fsp3) is 0.115. The van der Waals surface area contributed by atoms with Crippen LogP contribution in [0.1, 0.15) is 11.1 Å². The smallest absolute Gasteiger partial charge is 0.216 e. The first-order chi connectivity index (χ1) is 14.1. The van der Waals surface area contributed by atoms with Crippen molar-refractivity contribution in [1.29, 1.82) is 0 Å². The van der Waals surface area contributed by atoms with E-state index in [0.717, 1.165) is 55.1 Å². The number of benzene rings is 3. The second kappa shape index (κ2) is 5.71. The van der Waals surface area contributed by atoms with E-state index < -0.39 is 0 Å². The van der Waals surface area contributed by atoms with Crippen molar-refractivity contribution in [3.05, 3.63) is 78.0 Å². The van der Waals surface area contributed by atoms with Crippen molar-refractivity contribution < 1.29 is 13.4 Å². The third kappa shape index (κ3) is 2.27. The number of fused-ring (bicyclic) bond motifs is 6. The van der Waals surface area contributed by atoms with Crippen molar-refractivity contribution >= 4 is 43.9 Å². The summed E-state index contributed by atoms with van der Waals surface area (Å²) in [6.07, 6.45) is 2.10. The Kier molecular flexibility index (Phi) is 3.22. The van der Waals surface area contributed by atoms with Crippen LogP contribution in [0, 0.1) is 13.8 Å². The summed E-state index contributed by atoms with van der Waals surface area (Å²) in [5.74, 6) is 0. The van der Waals surface area contributed by atoms with Gasteiger partial charge in [-0.2, -0.15) is 0 Å². The summed E-state index contributed by atoms with van der Waals surface area (Å²) in [5.41, 5.74) is 8.35. The van der Waals surface area contributed by atoms with Crippen molar-refractivity contribution in [3.8, 4) is 11.3 Å². The summed E-state index contributed by atoms with van der Waals surface area (Å²) >= 11 is 0. The van der Waals surface area contributed by atoms with Gasteiger partial charge in [-0.25, -0.2) is 4.57 Å². The van der Waals surface area contributed by atoms with E-state index in [0.29, 0.717) is 0 Å². The summed E-state index contributed by atoms with van der Waals surface area (Å²) in [5, 5.41) is 4.41. The van der Waals surface area contributed by atoms with Gasteiger partial charge in [0.2, 0.25) is 5.69 Å². The fourth-order valence-corrected chi connectivity index (χ4v) is 4.40. The minimum absolute atomic E-state index is 0.890. The van der Waals surface area contributed by atoms with Crippen LogP contribution >= 0.6 is 0 Å². The maximum Gasteiger partial charge on any atom is 0.216 e. The quantitative estimate of drug-likeness (QED) is 0.302. The van der Waals surface area contributed by atoms with Gasteiger partial charge in [0.05, 0.1) is 5.56 Å². The molecule has 0 bridgehead atoms. The van der Waals surface area contributed by atoms with E-state index in [1.807, 2.05) is 18.2 Å². The molecule has 3 nitrogen and oxygen atoms in total. The molecule has 3 heteroatoms. The standard InChI is InChI=1S/C26H20NO2/c1-15-10-11-27(3)21(12-15)25-16(2)8-9-18-20-14-23-19(13-24(20)29-26(18)25)17-6-4-5-7-22(17)28-23/h4-14H,1-3H3/q+1. The van der Waals surface area contributed by atoms with Gasteiger partial charge < -0.3 is 8.83 Å². The monoisotopic (exact) mass is 378 g/mol. The predicted molar refractivity (Wildman–Crippen MR) is 117 cm³/mol. The molecule has 0 fully saturated rings. The van der Waals surface area contributed by atoms with E-state index >= 15 is 0 Å². The number of hydrogen-bond donors (Lipinski definition) is 0. The molecule has 0 saturated heterocycles. The molecule has 140 valence electrons. The lowest BCUT2D eigenvalue weighted by Gasteiger charge is -2.06. The maximum atomic E-state index is 6.49. The highest BCUT2D eigenvalue weighted by molar-refractivity contribution is 6.16. The van der Waals surface area contributed by atoms with Gasteiger partial charge in [0, 0.05) is 33.7 Å². The van der Waals surface area contributed by atoms with Crippen LogP contribution in [0.5, 0.6) is 0 Å². The van der Waals surface area contributed by atoms with Gasteiger partial charge in [-0.3, -0.25) is 0 Å². The predicted octanol–water partition coefficient (Wildman–Crippen LogP) is 6.59. The average molecular weight is 378 g/mol. The van der Waals surface area contributed by atoms with Gasteiger partial charge in [-0.15, -0.1) is 0 Å². The first-order valence-electron chi connectivity index (χ1n) is 9.84. The number of aryl methyl sites for hydroxylation is 3. The maximum absolute atomic E-state index is 6.49. The molecular formula is C26H20NO2+. The molecule has 0 amide bonds. The highest BCUT2D eigenvalue weighted by Gasteiger charge is 2.21. The molecule has 0 aliphatic heterocycles. The lowest BCUT2D eigenvalue weighted by Crippen LogP contribution is -2.30. The van der Waals surface area contributed by atoms with Crippen LogP contribution in [0.25, 0.3) is 55.1 Å². The summed E-state index contributed by atoms with van der Waals surface area (Å²) in [6.45, 7) is 4.26. The molecule has 3 aromatic carbocycles. The van der Waals surface area contributed by atoms with E-state index in [-0.39, 0.29) is 0 Å². The van der Waals surface area contributed by atoms with Gasteiger partial charge in [0.25, 0.3) is 0 Å². The van der Waals surface area contributed by atoms with Gasteiger partial charge >= 0.3 is 0 Å². The van der Waals surface area contributed by atoms with Crippen molar-refractivity contribution in [3.63, 3.8) is 0 Å². The van der Waals surface area contributed by atoms with Crippen molar-refractivity contribution in [2.24, 2.45) is 7.05 Å². The molecule has 0 atom stereocenters. The van der Waals surface area contributed by atoms with Crippen molar-refractivity contribution in [1.82, 2.24) is 0 Å². The molecule has 3 heterocycles. The van der Waals surface area contributed by atoms with E-state index in [9.17, 15) is 0 Å². The van der Waals surface area contributed by atoms with Crippen LogP contribution < -0.4 is 4.57 Å². The SMILES string of the molecule is Cc1cc[n+](C)c(-c2c(C)ccc3c2oc2cc4c(cc23)oc2ccccc24)c1. The first-order valence-corrected chi connectivity index (χ1v) is 9.84. The van der Waals surface area contributed by atoms with Gasteiger partial charge in [0.1, 0.15) is 29.4 Å². The molecule has 6 rings (SSSR count). The normalized spacial score (nSPS) is 12.0. The zero-order chi connectivity index (χ0) is 19.7. The Morgan fingerprint density at radius 3 is 2.31 bits per heavy atom. The van der Waals surface area contributed by atoms with Gasteiger partial charge in [0.15, 0.2) is 6.20 Å². The zero-order valence-electron chi connectivity index (χ0n) is 16.6. The minimum atomic E-state index is 0.890. The van der Waals surface area contributed by atoms with E-state index in [1.165, 1.54) is 11.1 Å². The van der Waals surface area contributed by atoms with E-state index in [2.05, 4.69) is 74.1 Å². The molecule has 0 radical (unpaired) electrons. The van der Waals surface area contributed by atoms with Crippen LogP contribution in [0.3, 0.4) is 0 Å². The molecule has 0 N–H and O–H groups in total. The molecule has 0 aliphatic carbocycles. The van der Waals surface area contributed by atoms with Crippen LogP contribution in [0.4, 0.5) is 0 Å². The average Bonchev–Trinajstić information content (AvgIpc) is 3.25. The van der Waals surface area contributed by atoms with Crippen LogP contribution in [-0.2, 0) is 7.05 Å². The van der Waals surface area contributed by atoms with Gasteiger partial charge in [-0.05, 0) is 43.2 Å². The van der Waals surface area contributed by atoms with Crippen LogP contribution in [0.15, 0.2) is 75.7 Å². The number of hydrogen-bond acceptors (Lipinski definition) is 2. The Labute approximate surface area is 167 Å². The lowest BCUT2D eigenvalue weighted by molar-refractivity contribution is -0.660. The first kappa shape index (κ1) is 16.4. The highest BCUT2D eigenvalue weighted by Crippen LogP contribution is 2.40. The zero-order valence-corrected chi connectivity index (χ0v) is 16.6. The summed E-state index contributed by atoms with van der Waals surface area (Å²) < 4.78 is 14.7. The third-order valence-corrected chi connectivity index (χ3v) is 5.91. The summed E-state index contributed by atoms with van der Waals surface area (Å²) in [4.78, 5) is 0. The molecule has 3 aromatic heterocycles. The number of aromatic nitrogens is 1. The Bertz CT molecular complexity index is 1580. The third-order valence-electron chi connectivity index (χ3n) is 5.91. The molecule has 0 unspecified atom stereocenters. The lowest BCUT2D eigenvalue weighted by atomic mass is 9.99. The molecular weight excluding hydrogens is 358 g/mol. The number of rotatable bonds is 1. The molecule has 6 aromatic rings. The van der Waals surface area contributed by atoms with Crippen LogP contribution in [-0.4, -0.2) is 0 Å². The largest absolute Gasteiger partial charge is 0.456 e. The Morgan fingerprint density at radius 2 is 1.45 bits per heavy atom. The molecule has 0 saturated carbocycles. The number of pyridine rings is 1. The van der Waals surface area contributed by atoms with E-state index in [4.69, 9.17) is 8.83 Å². The molecule has 0 aliphatic rings. The number of para-hydroxylation sites is 1. The van der Waals surface area contributed by atoms with Crippen LogP contribution in [0.2, 0.25) is 0 Å². The Balaban J connectivity index is 1.74. The topological polar surface area (TPSA) is 30.2 Å².